The van der Waals surface area contributed by atoms with Gasteiger partial charge in [-0.25, -0.2) is 4.79 Å². The van der Waals surface area contributed by atoms with Crippen molar-refractivity contribution >= 4 is 17.9 Å². The normalized spacial score (nSPS) is 19.8. The molecule has 25 heavy (non-hydrogen) atoms. The lowest BCUT2D eigenvalue weighted by atomic mass is 9.86. The Morgan fingerprint density at radius 3 is 2.48 bits per heavy atom. The number of hydrogen-bond acceptors (Lipinski definition) is 4. The maximum atomic E-state index is 11.9. The number of carbonyl (C=O) groups is 3. The van der Waals surface area contributed by atoms with E-state index in [2.05, 4.69) is 17.6 Å². The molecule has 1 saturated carbocycles. The second kappa shape index (κ2) is 9.20. The number of rotatable bonds is 5. The van der Waals surface area contributed by atoms with Crippen molar-refractivity contribution in [3.63, 3.8) is 0 Å². The summed E-state index contributed by atoms with van der Waals surface area (Å²) in [4.78, 5) is 35.3. The molecule has 0 aromatic heterocycles. The summed E-state index contributed by atoms with van der Waals surface area (Å²) in [5.74, 6) is -0.722. The lowest BCUT2D eigenvalue weighted by Crippen LogP contribution is -2.48. The zero-order valence-electron chi connectivity index (χ0n) is 14.8. The summed E-state index contributed by atoms with van der Waals surface area (Å²) in [7, 11) is 0. The Morgan fingerprint density at radius 1 is 1.12 bits per heavy atom. The molecule has 2 rings (SSSR count). The molecule has 2 N–H and O–H groups in total. The summed E-state index contributed by atoms with van der Waals surface area (Å²) < 4.78 is 4.92. The van der Waals surface area contributed by atoms with E-state index in [0.29, 0.717) is 5.92 Å². The van der Waals surface area contributed by atoms with E-state index in [1.807, 2.05) is 31.2 Å². The minimum absolute atomic E-state index is 0.0886. The molecule has 1 fully saturated rings. The molecule has 0 saturated heterocycles. The van der Waals surface area contributed by atoms with Gasteiger partial charge in [0.2, 0.25) is 0 Å². The fourth-order valence-corrected chi connectivity index (χ4v) is 2.97. The third-order valence-corrected chi connectivity index (χ3v) is 4.51. The predicted octanol–water partition coefficient (Wildman–Crippen LogP) is 2.49. The van der Waals surface area contributed by atoms with Gasteiger partial charge < -0.3 is 10.1 Å². The van der Waals surface area contributed by atoms with Crippen molar-refractivity contribution < 1.29 is 19.1 Å². The number of amides is 3. The van der Waals surface area contributed by atoms with Crippen LogP contribution in [0.3, 0.4) is 0 Å². The van der Waals surface area contributed by atoms with Crippen LogP contribution in [0.2, 0.25) is 0 Å². The van der Waals surface area contributed by atoms with Gasteiger partial charge in [-0.05, 0) is 31.2 Å². The van der Waals surface area contributed by atoms with Crippen LogP contribution in [0.5, 0.6) is 0 Å². The highest BCUT2D eigenvalue weighted by Gasteiger charge is 2.23. The fraction of sp³-hybridized carbons (Fsp3) is 0.526. The maximum Gasteiger partial charge on any atom is 0.321 e. The molecule has 0 radical (unpaired) electrons. The molecule has 1 aliphatic rings. The van der Waals surface area contributed by atoms with E-state index in [1.54, 1.807) is 0 Å². The molecule has 1 aliphatic carbocycles. The summed E-state index contributed by atoms with van der Waals surface area (Å²) in [6, 6.07) is 7.06. The molecule has 6 heteroatoms. The van der Waals surface area contributed by atoms with Crippen LogP contribution in [-0.4, -0.2) is 30.6 Å². The number of benzene rings is 1. The SMILES string of the molecule is Cc1ccc(CC(=O)OCC(=O)NC(=O)N[C@@H]2CCCC[C@@H]2C)cc1. The Balaban J connectivity index is 1.68. The Morgan fingerprint density at radius 2 is 1.80 bits per heavy atom. The average Bonchev–Trinajstić information content (AvgIpc) is 2.57. The standard InChI is InChI=1S/C19H26N2O4/c1-13-7-9-15(10-8-13)11-18(23)25-12-17(22)21-19(24)20-16-6-4-3-5-14(16)2/h7-10,14,16H,3-6,11-12H2,1-2H3,(H2,20,21,22,24)/t14-,16+/m0/s1. The van der Waals surface area contributed by atoms with Crippen molar-refractivity contribution in [2.24, 2.45) is 5.92 Å². The van der Waals surface area contributed by atoms with Gasteiger partial charge in [-0.3, -0.25) is 14.9 Å². The van der Waals surface area contributed by atoms with Gasteiger partial charge in [-0.15, -0.1) is 0 Å². The molecule has 0 aliphatic heterocycles. The van der Waals surface area contributed by atoms with Crippen molar-refractivity contribution in [3.05, 3.63) is 35.4 Å². The zero-order chi connectivity index (χ0) is 18.2. The molecular weight excluding hydrogens is 320 g/mol. The Kier molecular flexibility index (Phi) is 6.98. The smallest absolute Gasteiger partial charge is 0.321 e. The van der Waals surface area contributed by atoms with E-state index in [-0.39, 0.29) is 12.5 Å². The largest absolute Gasteiger partial charge is 0.455 e. The predicted molar refractivity (Wildman–Crippen MR) is 93.9 cm³/mol. The van der Waals surface area contributed by atoms with Crippen LogP contribution >= 0.6 is 0 Å². The molecule has 2 atom stereocenters. The van der Waals surface area contributed by atoms with Crippen LogP contribution in [0.25, 0.3) is 0 Å². The Labute approximate surface area is 148 Å². The van der Waals surface area contributed by atoms with Crippen molar-refractivity contribution in [2.45, 2.75) is 52.0 Å². The fourth-order valence-electron chi connectivity index (χ4n) is 2.97. The molecule has 0 heterocycles. The summed E-state index contributed by atoms with van der Waals surface area (Å²) in [6.07, 6.45) is 4.36. The Bertz CT molecular complexity index is 612. The van der Waals surface area contributed by atoms with Crippen LogP contribution in [0, 0.1) is 12.8 Å². The van der Waals surface area contributed by atoms with E-state index >= 15 is 0 Å². The van der Waals surface area contributed by atoms with Gasteiger partial charge >= 0.3 is 12.0 Å². The molecule has 136 valence electrons. The van der Waals surface area contributed by atoms with E-state index in [9.17, 15) is 14.4 Å². The maximum absolute atomic E-state index is 11.9. The summed E-state index contributed by atoms with van der Waals surface area (Å²) in [5, 5.41) is 5.03. The van der Waals surface area contributed by atoms with Gasteiger partial charge in [0.25, 0.3) is 5.91 Å². The molecule has 0 unspecified atom stereocenters. The molecule has 0 bridgehead atoms. The summed E-state index contributed by atoms with van der Waals surface area (Å²) in [6.45, 7) is 3.60. The number of aryl methyl sites for hydroxylation is 1. The lowest BCUT2D eigenvalue weighted by molar-refractivity contribution is -0.147. The quantitative estimate of drug-likeness (QED) is 0.802. The average molecular weight is 346 g/mol. The van der Waals surface area contributed by atoms with E-state index in [4.69, 9.17) is 4.74 Å². The van der Waals surface area contributed by atoms with Gasteiger partial charge in [-0.2, -0.15) is 0 Å². The first-order valence-electron chi connectivity index (χ1n) is 8.75. The van der Waals surface area contributed by atoms with Crippen molar-refractivity contribution in [1.82, 2.24) is 10.6 Å². The second-order valence-corrected chi connectivity index (χ2v) is 6.71. The zero-order valence-corrected chi connectivity index (χ0v) is 14.8. The lowest BCUT2D eigenvalue weighted by Gasteiger charge is -2.29. The molecule has 0 spiro atoms. The minimum Gasteiger partial charge on any atom is -0.455 e. The highest BCUT2D eigenvalue weighted by atomic mass is 16.5. The van der Waals surface area contributed by atoms with Crippen molar-refractivity contribution in [2.75, 3.05) is 6.61 Å². The number of ether oxygens (including phenoxy) is 1. The number of hydrogen-bond donors (Lipinski definition) is 2. The van der Waals surface area contributed by atoms with E-state index in [0.717, 1.165) is 30.4 Å². The number of carbonyl (C=O) groups excluding carboxylic acids is 3. The highest BCUT2D eigenvalue weighted by molar-refractivity contribution is 5.95. The topological polar surface area (TPSA) is 84.5 Å². The van der Waals surface area contributed by atoms with Crippen LogP contribution in [0.15, 0.2) is 24.3 Å². The number of imide groups is 1. The highest BCUT2D eigenvalue weighted by Crippen LogP contribution is 2.23. The first kappa shape index (κ1) is 19.0. The number of esters is 1. The van der Waals surface area contributed by atoms with Crippen molar-refractivity contribution in [3.8, 4) is 0 Å². The van der Waals surface area contributed by atoms with Gasteiger partial charge in [-0.1, -0.05) is 49.6 Å². The van der Waals surface area contributed by atoms with Crippen molar-refractivity contribution in [1.29, 1.82) is 0 Å². The third kappa shape index (κ3) is 6.57. The van der Waals surface area contributed by atoms with Gasteiger partial charge in [0.1, 0.15) is 0 Å². The van der Waals surface area contributed by atoms with Crippen LogP contribution in [-0.2, 0) is 20.7 Å². The molecule has 1 aromatic carbocycles. The Hall–Kier alpha value is -2.37. The number of nitrogens with one attached hydrogen (secondary N) is 2. The molecule has 3 amide bonds. The first-order chi connectivity index (χ1) is 11.9. The van der Waals surface area contributed by atoms with Crippen LogP contribution in [0.1, 0.15) is 43.7 Å². The second-order valence-electron chi connectivity index (χ2n) is 6.71. The van der Waals surface area contributed by atoms with Crippen LogP contribution in [0.4, 0.5) is 4.79 Å². The third-order valence-electron chi connectivity index (χ3n) is 4.51. The minimum atomic E-state index is -0.627. The van der Waals surface area contributed by atoms with E-state index in [1.165, 1.54) is 6.42 Å². The monoisotopic (exact) mass is 346 g/mol. The van der Waals surface area contributed by atoms with E-state index < -0.39 is 24.5 Å². The number of urea groups is 1. The molecule has 1 aromatic rings. The molecular formula is C19H26N2O4. The molecule has 6 nitrogen and oxygen atoms in total. The summed E-state index contributed by atoms with van der Waals surface area (Å²) >= 11 is 0. The van der Waals surface area contributed by atoms with Gasteiger partial charge in [0.15, 0.2) is 6.61 Å². The summed E-state index contributed by atoms with van der Waals surface area (Å²) in [5.41, 5.74) is 1.93. The van der Waals surface area contributed by atoms with Gasteiger partial charge in [0, 0.05) is 6.04 Å². The van der Waals surface area contributed by atoms with Gasteiger partial charge in [0.05, 0.1) is 6.42 Å². The van der Waals surface area contributed by atoms with Crippen LogP contribution < -0.4 is 10.6 Å². The first-order valence-corrected chi connectivity index (χ1v) is 8.75.